The Hall–Kier alpha value is -1.98. The van der Waals surface area contributed by atoms with Crippen molar-refractivity contribution in [2.45, 2.75) is 33.8 Å². The highest BCUT2D eigenvalue weighted by Gasteiger charge is 2.16. The van der Waals surface area contributed by atoms with Gasteiger partial charge >= 0.3 is 0 Å². The quantitative estimate of drug-likeness (QED) is 0.757. The van der Waals surface area contributed by atoms with E-state index in [0.717, 1.165) is 0 Å². The number of carbonyl (C=O) groups is 1. The van der Waals surface area contributed by atoms with Gasteiger partial charge in [-0.25, -0.2) is 4.39 Å². The lowest BCUT2D eigenvalue weighted by atomic mass is 10.2. The lowest BCUT2D eigenvalue weighted by molar-refractivity contribution is -0.119. The van der Waals surface area contributed by atoms with Crippen LogP contribution >= 0.6 is 0 Å². The van der Waals surface area contributed by atoms with Crippen LogP contribution in [-0.4, -0.2) is 31.6 Å². The second-order valence-corrected chi connectivity index (χ2v) is 4.98. The predicted molar refractivity (Wildman–Crippen MR) is 83.1 cm³/mol. The second kappa shape index (κ2) is 7.71. The number of nitrogens with two attached hydrogens (primary N) is 1. The van der Waals surface area contributed by atoms with E-state index in [0.29, 0.717) is 18.8 Å². The first-order chi connectivity index (χ1) is 9.88. The van der Waals surface area contributed by atoms with E-state index < -0.39 is 5.82 Å². The van der Waals surface area contributed by atoms with Crippen molar-refractivity contribution in [1.29, 1.82) is 0 Å². The summed E-state index contributed by atoms with van der Waals surface area (Å²) < 4.78 is 19.3. The first-order valence-corrected chi connectivity index (χ1v) is 7.16. The molecule has 6 heteroatoms. The Morgan fingerprint density at radius 3 is 2.62 bits per heavy atom. The molecule has 0 bridgehead atoms. The zero-order valence-corrected chi connectivity index (χ0v) is 13.1. The Kier molecular flexibility index (Phi) is 6.27. The van der Waals surface area contributed by atoms with Crippen LogP contribution in [0, 0.1) is 5.82 Å². The number of nitrogen functional groups attached to an aromatic ring is 1. The summed E-state index contributed by atoms with van der Waals surface area (Å²) in [5.74, 6) is -0.461. The molecule has 0 aromatic heterocycles. The van der Waals surface area contributed by atoms with Crippen molar-refractivity contribution in [1.82, 2.24) is 5.32 Å². The molecule has 1 aromatic carbocycles. The van der Waals surface area contributed by atoms with Crippen LogP contribution < -0.4 is 20.7 Å². The molecule has 0 atom stereocenters. The van der Waals surface area contributed by atoms with Crippen LogP contribution in [0.1, 0.15) is 27.7 Å². The summed E-state index contributed by atoms with van der Waals surface area (Å²) in [6, 6.07) is 2.78. The number of nitrogens with one attached hydrogen (secondary N) is 1. The average molecular weight is 297 g/mol. The molecule has 0 radical (unpaired) electrons. The molecule has 1 aromatic rings. The molecule has 5 nitrogen and oxygen atoms in total. The molecule has 21 heavy (non-hydrogen) atoms. The molecule has 0 aliphatic heterocycles. The molecule has 0 spiro atoms. The third-order valence-electron chi connectivity index (χ3n) is 2.87. The van der Waals surface area contributed by atoms with E-state index in [9.17, 15) is 9.18 Å². The number of anilines is 2. The van der Waals surface area contributed by atoms with Gasteiger partial charge in [0.1, 0.15) is 0 Å². The highest BCUT2D eigenvalue weighted by Crippen LogP contribution is 2.31. The van der Waals surface area contributed by atoms with Gasteiger partial charge in [-0.1, -0.05) is 0 Å². The van der Waals surface area contributed by atoms with Crippen LogP contribution in [0.2, 0.25) is 0 Å². The molecule has 3 N–H and O–H groups in total. The third-order valence-corrected chi connectivity index (χ3v) is 2.87. The molecule has 0 unspecified atom stereocenters. The van der Waals surface area contributed by atoms with E-state index >= 15 is 0 Å². The standard InChI is InChI=1S/C15H24FN3O2/c1-5-18-15(20)9-19(6-2)13-8-14(21-10(3)4)11(16)7-12(13)17/h7-8,10H,5-6,9,17H2,1-4H3,(H,18,20). The number of hydrogen-bond donors (Lipinski definition) is 2. The number of hydrogen-bond acceptors (Lipinski definition) is 4. The summed E-state index contributed by atoms with van der Waals surface area (Å²) >= 11 is 0. The van der Waals surface area contributed by atoms with Gasteiger partial charge in [-0.15, -0.1) is 0 Å². The monoisotopic (exact) mass is 297 g/mol. The molecule has 0 saturated heterocycles. The lowest BCUT2D eigenvalue weighted by Crippen LogP contribution is -2.37. The Morgan fingerprint density at radius 1 is 1.43 bits per heavy atom. The molecule has 0 saturated carbocycles. The fourth-order valence-electron chi connectivity index (χ4n) is 1.97. The average Bonchev–Trinajstić information content (AvgIpc) is 2.39. The molecule has 1 amide bonds. The van der Waals surface area contributed by atoms with E-state index in [2.05, 4.69) is 5.32 Å². The minimum absolute atomic E-state index is 0.102. The van der Waals surface area contributed by atoms with Crippen LogP contribution in [0.3, 0.4) is 0 Å². The largest absolute Gasteiger partial charge is 0.488 e. The van der Waals surface area contributed by atoms with Gasteiger partial charge in [0.2, 0.25) is 5.91 Å². The number of amides is 1. The van der Waals surface area contributed by atoms with Gasteiger partial charge < -0.3 is 20.7 Å². The topological polar surface area (TPSA) is 67.6 Å². The van der Waals surface area contributed by atoms with E-state index in [1.165, 1.54) is 6.07 Å². The van der Waals surface area contributed by atoms with Crippen molar-refractivity contribution >= 4 is 17.3 Å². The van der Waals surface area contributed by atoms with Crippen LogP contribution in [0.5, 0.6) is 5.75 Å². The summed E-state index contributed by atoms with van der Waals surface area (Å²) in [5.41, 5.74) is 6.76. The molecule has 1 rings (SSSR count). The lowest BCUT2D eigenvalue weighted by Gasteiger charge is -2.25. The van der Waals surface area contributed by atoms with E-state index in [1.54, 1.807) is 11.0 Å². The van der Waals surface area contributed by atoms with Crippen LogP contribution in [0.15, 0.2) is 12.1 Å². The van der Waals surface area contributed by atoms with Crippen molar-refractivity contribution < 1.29 is 13.9 Å². The van der Waals surface area contributed by atoms with Gasteiger partial charge in [0, 0.05) is 25.2 Å². The minimum atomic E-state index is -0.501. The maximum Gasteiger partial charge on any atom is 0.239 e. The normalized spacial score (nSPS) is 10.6. The summed E-state index contributed by atoms with van der Waals surface area (Å²) in [6.07, 6.45) is -0.144. The molecule has 118 valence electrons. The fraction of sp³-hybridized carbons (Fsp3) is 0.533. The van der Waals surface area contributed by atoms with E-state index in [1.807, 2.05) is 27.7 Å². The van der Waals surface area contributed by atoms with Crippen molar-refractivity contribution in [2.75, 3.05) is 30.3 Å². The minimum Gasteiger partial charge on any atom is -0.488 e. The van der Waals surface area contributed by atoms with Gasteiger partial charge in [0.15, 0.2) is 11.6 Å². The molecule has 0 heterocycles. The van der Waals surface area contributed by atoms with Crippen molar-refractivity contribution in [3.05, 3.63) is 17.9 Å². The number of rotatable bonds is 7. The van der Waals surface area contributed by atoms with Gasteiger partial charge in [0.05, 0.1) is 24.0 Å². The first-order valence-electron chi connectivity index (χ1n) is 7.16. The Labute approximate surface area is 125 Å². The van der Waals surface area contributed by atoms with Crippen molar-refractivity contribution in [3.8, 4) is 5.75 Å². The number of ether oxygens (including phenoxy) is 1. The molecule has 0 aliphatic carbocycles. The van der Waals surface area contributed by atoms with Crippen LogP contribution in [-0.2, 0) is 4.79 Å². The number of likely N-dealkylation sites (N-methyl/N-ethyl adjacent to an activating group) is 2. The molecular formula is C15H24FN3O2. The highest BCUT2D eigenvalue weighted by atomic mass is 19.1. The zero-order valence-electron chi connectivity index (χ0n) is 13.1. The van der Waals surface area contributed by atoms with Crippen LogP contribution in [0.25, 0.3) is 0 Å². The Morgan fingerprint density at radius 2 is 2.10 bits per heavy atom. The van der Waals surface area contributed by atoms with Crippen LogP contribution in [0.4, 0.5) is 15.8 Å². The SMILES string of the molecule is CCNC(=O)CN(CC)c1cc(OC(C)C)c(F)cc1N. The van der Waals surface area contributed by atoms with Crippen molar-refractivity contribution in [2.24, 2.45) is 0 Å². The Balaban J connectivity index is 3.05. The number of benzene rings is 1. The fourth-order valence-corrected chi connectivity index (χ4v) is 1.97. The zero-order chi connectivity index (χ0) is 16.0. The number of nitrogens with zero attached hydrogens (tertiary/aromatic N) is 1. The summed E-state index contributed by atoms with van der Waals surface area (Å²) in [5, 5.41) is 2.73. The van der Waals surface area contributed by atoms with Gasteiger partial charge in [0.25, 0.3) is 0 Å². The summed E-state index contributed by atoms with van der Waals surface area (Å²) in [7, 11) is 0. The second-order valence-electron chi connectivity index (χ2n) is 4.98. The third kappa shape index (κ3) is 4.81. The van der Waals surface area contributed by atoms with E-state index in [4.69, 9.17) is 10.5 Å². The highest BCUT2D eigenvalue weighted by molar-refractivity contribution is 5.83. The molecular weight excluding hydrogens is 273 g/mol. The van der Waals surface area contributed by atoms with Gasteiger partial charge in [-0.2, -0.15) is 0 Å². The summed E-state index contributed by atoms with van der Waals surface area (Å²) in [4.78, 5) is 13.5. The smallest absolute Gasteiger partial charge is 0.239 e. The Bertz CT molecular complexity index is 492. The van der Waals surface area contributed by atoms with Crippen molar-refractivity contribution in [3.63, 3.8) is 0 Å². The first kappa shape index (κ1) is 17.1. The number of carbonyl (C=O) groups excluding carboxylic acids is 1. The number of halogens is 1. The summed E-state index contributed by atoms with van der Waals surface area (Å²) in [6.45, 7) is 8.72. The predicted octanol–water partition coefficient (Wildman–Crippen LogP) is 2.16. The van der Waals surface area contributed by atoms with Gasteiger partial charge in [-0.3, -0.25) is 4.79 Å². The maximum absolute atomic E-state index is 13.8. The van der Waals surface area contributed by atoms with Gasteiger partial charge in [-0.05, 0) is 27.7 Å². The molecule has 0 aliphatic rings. The van der Waals surface area contributed by atoms with E-state index in [-0.39, 0.29) is 30.0 Å². The maximum atomic E-state index is 13.8. The molecule has 0 fully saturated rings.